The normalized spacial score (nSPS) is 21.8. The van der Waals surface area contributed by atoms with Crippen LogP contribution in [0.4, 0.5) is 0 Å². The van der Waals surface area contributed by atoms with Gasteiger partial charge in [0, 0.05) is 32.8 Å². The molecule has 1 unspecified atom stereocenters. The zero-order valence-corrected chi connectivity index (χ0v) is 13.6. The van der Waals surface area contributed by atoms with Crippen molar-refractivity contribution in [3.8, 4) is 0 Å². The molecule has 0 saturated carbocycles. The van der Waals surface area contributed by atoms with Gasteiger partial charge in [-0.05, 0) is 31.1 Å². The Labute approximate surface area is 117 Å². The summed E-state index contributed by atoms with van der Waals surface area (Å²) in [4.78, 5) is 0. The van der Waals surface area contributed by atoms with Crippen LogP contribution in [0.15, 0.2) is 0 Å². The van der Waals surface area contributed by atoms with Gasteiger partial charge in [-0.1, -0.05) is 20.8 Å². The highest BCUT2D eigenvalue weighted by Crippen LogP contribution is 2.27. The third kappa shape index (κ3) is 3.90. The van der Waals surface area contributed by atoms with Crippen molar-refractivity contribution in [2.75, 3.05) is 26.7 Å². The highest BCUT2D eigenvalue weighted by atomic mass is 32.2. The molecule has 0 aromatic heterocycles. The van der Waals surface area contributed by atoms with E-state index in [-0.39, 0.29) is 24.0 Å². The second kappa shape index (κ2) is 6.08. The smallest absolute Gasteiger partial charge is 0.281 e. The summed E-state index contributed by atoms with van der Waals surface area (Å²) in [6.07, 6.45) is 1.49. The molecule has 0 spiro atoms. The molecule has 1 aliphatic rings. The van der Waals surface area contributed by atoms with Crippen LogP contribution in [-0.2, 0) is 10.2 Å². The molecule has 1 fully saturated rings. The summed E-state index contributed by atoms with van der Waals surface area (Å²) in [7, 11) is -1.73. The minimum atomic E-state index is -3.39. The maximum atomic E-state index is 12.6. The molecule has 0 aromatic rings. The van der Waals surface area contributed by atoms with Crippen molar-refractivity contribution < 1.29 is 13.5 Å². The third-order valence-electron chi connectivity index (χ3n) is 4.32. The molecular weight excluding hydrogens is 264 g/mol. The fourth-order valence-corrected chi connectivity index (χ4v) is 4.00. The van der Waals surface area contributed by atoms with Crippen LogP contribution in [0.2, 0.25) is 0 Å². The predicted molar refractivity (Wildman–Crippen MR) is 77.0 cm³/mol. The van der Waals surface area contributed by atoms with Crippen LogP contribution in [0.3, 0.4) is 0 Å². The van der Waals surface area contributed by atoms with E-state index in [0.29, 0.717) is 13.1 Å². The Balaban J connectivity index is 2.76. The average molecular weight is 292 g/mol. The first-order chi connectivity index (χ1) is 8.60. The van der Waals surface area contributed by atoms with Crippen molar-refractivity contribution in [3.63, 3.8) is 0 Å². The zero-order chi connectivity index (χ0) is 14.8. The summed E-state index contributed by atoms with van der Waals surface area (Å²) in [6, 6.07) is -0.0620. The molecule has 5 nitrogen and oxygen atoms in total. The van der Waals surface area contributed by atoms with Crippen LogP contribution >= 0.6 is 0 Å². The van der Waals surface area contributed by atoms with Gasteiger partial charge in [-0.15, -0.1) is 0 Å². The topological polar surface area (TPSA) is 60.9 Å². The lowest BCUT2D eigenvalue weighted by Gasteiger charge is -2.39. The van der Waals surface area contributed by atoms with Crippen LogP contribution in [0, 0.1) is 11.3 Å². The standard InChI is InChI=1S/C13H28N2O3S/c1-11(13(2,3)4)14(5)19(17,18)15-8-6-12(10-16)7-9-15/h11-12,16H,6-10H2,1-5H3. The lowest BCUT2D eigenvalue weighted by atomic mass is 9.88. The van der Waals surface area contributed by atoms with Gasteiger partial charge in [0.1, 0.15) is 0 Å². The van der Waals surface area contributed by atoms with Gasteiger partial charge in [0.15, 0.2) is 0 Å². The average Bonchev–Trinajstić information content (AvgIpc) is 2.35. The molecule has 1 rings (SSSR count). The van der Waals surface area contributed by atoms with E-state index < -0.39 is 10.2 Å². The molecule has 1 saturated heterocycles. The maximum Gasteiger partial charge on any atom is 0.281 e. The van der Waals surface area contributed by atoms with Crippen LogP contribution in [0.25, 0.3) is 0 Å². The van der Waals surface area contributed by atoms with E-state index in [0.717, 1.165) is 12.8 Å². The molecule has 1 N–H and O–H groups in total. The van der Waals surface area contributed by atoms with Gasteiger partial charge >= 0.3 is 0 Å². The van der Waals surface area contributed by atoms with E-state index >= 15 is 0 Å². The van der Waals surface area contributed by atoms with Crippen molar-refractivity contribution in [1.82, 2.24) is 8.61 Å². The third-order valence-corrected chi connectivity index (χ3v) is 6.38. The summed E-state index contributed by atoms with van der Waals surface area (Å²) < 4.78 is 28.1. The Hall–Kier alpha value is -0.170. The van der Waals surface area contributed by atoms with E-state index in [1.54, 1.807) is 11.4 Å². The number of nitrogens with zero attached hydrogens (tertiary/aromatic N) is 2. The number of piperidine rings is 1. The van der Waals surface area contributed by atoms with Gasteiger partial charge in [0.05, 0.1) is 0 Å². The summed E-state index contributed by atoms with van der Waals surface area (Å²) in [5.74, 6) is 0.247. The van der Waals surface area contributed by atoms with Crippen LogP contribution in [0.5, 0.6) is 0 Å². The number of aliphatic hydroxyl groups excluding tert-OH is 1. The fourth-order valence-electron chi connectivity index (χ4n) is 2.25. The van der Waals surface area contributed by atoms with Gasteiger partial charge in [-0.3, -0.25) is 0 Å². The van der Waals surface area contributed by atoms with Crippen molar-refractivity contribution >= 4 is 10.2 Å². The van der Waals surface area contributed by atoms with Gasteiger partial charge in [0.25, 0.3) is 10.2 Å². The lowest BCUT2D eigenvalue weighted by molar-refractivity contribution is 0.158. The van der Waals surface area contributed by atoms with E-state index in [4.69, 9.17) is 5.11 Å². The van der Waals surface area contributed by atoms with Crippen molar-refractivity contribution in [1.29, 1.82) is 0 Å². The van der Waals surface area contributed by atoms with Crippen LogP contribution < -0.4 is 0 Å². The first-order valence-electron chi connectivity index (χ1n) is 6.94. The second-order valence-electron chi connectivity index (χ2n) is 6.59. The number of rotatable bonds is 4. The number of aliphatic hydroxyl groups is 1. The lowest BCUT2D eigenvalue weighted by Crippen LogP contribution is -2.51. The van der Waals surface area contributed by atoms with Crippen molar-refractivity contribution in [2.24, 2.45) is 11.3 Å². The molecule has 19 heavy (non-hydrogen) atoms. The van der Waals surface area contributed by atoms with Crippen LogP contribution in [-0.4, -0.2) is 54.9 Å². The molecule has 0 bridgehead atoms. The quantitative estimate of drug-likeness (QED) is 0.849. The van der Waals surface area contributed by atoms with Crippen molar-refractivity contribution in [3.05, 3.63) is 0 Å². The van der Waals surface area contributed by atoms with Crippen LogP contribution in [0.1, 0.15) is 40.5 Å². The second-order valence-corrected chi connectivity index (χ2v) is 8.58. The predicted octanol–water partition coefficient (Wildman–Crippen LogP) is 1.30. The minimum absolute atomic E-state index is 0.0620. The number of hydrogen-bond donors (Lipinski definition) is 1. The van der Waals surface area contributed by atoms with Crippen molar-refractivity contribution in [2.45, 2.75) is 46.6 Å². The molecule has 1 aliphatic heterocycles. The molecule has 0 aliphatic carbocycles. The van der Waals surface area contributed by atoms with Gasteiger partial charge in [-0.2, -0.15) is 17.0 Å². The Bertz CT molecular complexity index is 381. The van der Waals surface area contributed by atoms with E-state index in [1.165, 1.54) is 4.31 Å². The molecule has 114 valence electrons. The van der Waals surface area contributed by atoms with Gasteiger partial charge < -0.3 is 5.11 Å². The van der Waals surface area contributed by atoms with Gasteiger partial charge in [-0.25, -0.2) is 0 Å². The number of hydrogen-bond acceptors (Lipinski definition) is 3. The Morgan fingerprint density at radius 2 is 1.79 bits per heavy atom. The molecule has 1 atom stereocenters. The highest BCUT2D eigenvalue weighted by Gasteiger charge is 2.36. The highest BCUT2D eigenvalue weighted by molar-refractivity contribution is 7.86. The maximum absolute atomic E-state index is 12.6. The summed E-state index contributed by atoms with van der Waals surface area (Å²) in [5.41, 5.74) is -0.0920. The molecule has 0 aromatic carbocycles. The summed E-state index contributed by atoms with van der Waals surface area (Å²) in [6.45, 7) is 9.24. The van der Waals surface area contributed by atoms with E-state index in [9.17, 15) is 8.42 Å². The first-order valence-corrected chi connectivity index (χ1v) is 8.34. The van der Waals surface area contributed by atoms with E-state index in [2.05, 4.69) is 0 Å². The fraction of sp³-hybridized carbons (Fsp3) is 1.00. The largest absolute Gasteiger partial charge is 0.396 e. The molecule has 1 heterocycles. The van der Waals surface area contributed by atoms with Gasteiger partial charge in [0.2, 0.25) is 0 Å². The minimum Gasteiger partial charge on any atom is -0.396 e. The Morgan fingerprint density at radius 1 is 1.32 bits per heavy atom. The Kier molecular flexibility index (Phi) is 5.40. The SMILES string of the molecule is CC(N(C)S(=O)(=O)N1CCC(CO)CC1)C(C)(C)C. The molecule has 6 heteroatoms. The Morgan fingerprint density at radius 3 is 2.16 bits per heavy atom. The molecule has 0 amide bonds. The molecule has 0 radical (unpaired) electrons. The summed E-state index contributed by atoms with van der Waals surface area (Å²) >= 11 is 0. The monoisotopic (exact) mass is 292 g/mol. The molecular formula is C13H28N2O3S. The van der Waals surface area contributed by atoms with E-state index in [1.807, 2.05) is 27.7 Å². The first kappa shape index (κ1) is 16.9. The zero-order valence-electron chi connectivity index (χ0n) is 12.8. The summed E-state index contributed by atoms with van der Waals surface area (Å²) in [5, 5.41) is 9.11.